The molecule has 29 heavy (non-hydrogen) atoms. The minimum Gasteiger partial charge on any atom is -0.490 e. The molecule has 2 amide bonds. The smallest absolute Gasteiger partial charge is 0.311 e. The van der Waals surface area contributed by atoms with Crippen molar-refractivity contribution in [3.63, 3.8) is 0 Å². The third kappa shape index (κ3) is 3.79. The van der Waals surface area contributed by atoms with Crippen LogP contribution in [0.5, 0.6) is 11.5 Å². The van der Waals surface area contributed by atoms with Gasteiger partial charge >= 0.3 is 5.69 Å². The highest BCUT2D eigenvalue weighted by molar-refractivity contribution is 6.12. The van der Waals surface area contributed by atoms with E-state index in [4.69, 9.17) is 9.47 Å². The number of ether oxygens (including phenoxy) is 2. The third-order valence-electron chi connectivity index (χ3n) is 4.54. The highest BCUT2D eigenvalue weighted by Crippen LogP contribution is 2.29. The lowest BCUT2D eigenvalue weighted by molar-refractivity contribution is -0.385. The average Bonchev–Trinajstić information content (AvgIpc) is 2.83. The molecule has 1 atom stereocenters. The van der Waals surface area contributed by atoms with Gasteiger partial charge in [0, 0.05) is 11.6 Å². The standard InChI is InChI=1S/C20H18N2O7/c1-3-16-20(25)21(19(24)13-6-4-5-7-17(13)29-16)11-15(23)12-8-9-18(28-2)14(10-12)22(26)27/h4-10,16H,3,11H2,1-2H3/t16-/m0/s1. The molecule has 0 saturated carbocycles. The Hall–Kier alpha value is -3.75. The number of hydrogen-bond acceptors (Lipinski definition) is 7. The fourth-order valence-electron chi connectivity index (χ4n) is 3.02. The largest absolute Gasteiger partial charge is 0.490 e. The Morgan fingerprint density at radius 3 is 2.62 bits per heavy atom. The van der Waals surface area contributed by atoms with E-state index in [9.17, 15) is 24.5 Å². The minimum atomic E-state index is -0.916. The number of methoxy groups -OCH3 is 1. The molecule has 0 spiro atoms. The number of imide groups is 1. The highest BCUT2D eigenvalue weighted by atomic mass is 16.6. The van der Waals surface area contributed by atoms with Gasteiger partial charge in [0.05, 0.1) is 24.1 Å². The molecule has 1 aliphatic heterocycles. The monoisotopic (exact) mass is 398 g/mol. The van der Waals surface area contributed by atoms with Crippen LogP contribution in [-0.2, 0) is 4.79 Å². The van der Waals surface area contributed by atoms with Crippen LogP contribution >= 0.6 is 0 Å². The van der Waals surface area contributed by atoms with Crippen LogP contribution in [0.25, 0.3) is 0 Å². The van der Waals surface area contributed by atoms with Gasteiger partial charge in [0.25, 0.3) is 11.8 Å². The van der Waals surface area contributed by atoms with Gasteiger partial charge in [0.2, 0.25) is 0 Å². The second kappa shape index (κ2) is 8.09. The van der Waals surface area contributed by atoms with Gasteiger partial charge in [-0.15, -0.1) is 0 Å². The van der Waals surface area contributed by atoms with Crippen molar-refractivity contribution < 1.29 is 28.8 Å². The van der Waals surface area contributed by atoms with Gasteiger partial charge in [-0.3, -0.25) is 29.4 Å². The summed E-state index contributed by atoms with van der Waals surface area (Å²) in [6, 6.07) is 10.1. The number of carbonyl (C=O) groups excluding carboxylic acids is 3. The predicted octanol–water partition coefficient (Wildman–Crippen LogP) is 2.63. The van der Waals surface area contributed by atoms with E-state index in [1.807, 2.05) is 0 Å². The average molecular weight is 398 g/mol. The van der Waals surface area contributed by atoms with Crippen molar-refractivity contribution in [1.29, 1.82) is 0 Å². The molecule has 1 aliphatic rings. The molecule has 2 aromatic rings. The van der Waals surface area contributed by atoms with Crippen molar-refractivity contribution in [2.45, 2.75) is 19.4 Å². The zero-order valence-corrected chi connectivity index (χ0v) is 15.8. The number of ketones is 1. The van der Waals surface area contributed by atoms with E-state index in [0.29, 0.717) is 6.42 Å². The van der Waals surface area contributed by atoms with Crippen molar-refractivity contribution in [3.05, 3.63) is 63.7 Å². The van der Waals surface area contributed by atoms with Crippen molar-refractivity contribution in [3.8, 4) is 11.5 Å². The van der Waals surface area contributed by atoms with Crippen LogP contribution in [0.15, 0.2) is 42.5 Å². The minimum absolute atomic E-state index is 0.00171. The molecule has 0 aromatic heterocycles. The van der Waals surface area contributed by atoms with Crippen LogP contribution in [0.2, 0.25) is 0 Å². The van der Waals surface area contributed by atoms with E-state index in [-0.39, 0.29) is 28.3 Å². The molecule has 150 valence electrons. The van der Waals surface area contributed by atoms with Gasteiger partial charge in [0.1, 0.15) is 5.75 Å². The number of rotatable bonds is 6. The number of hydrogen-bond donors (Lipinski definition) is 0. The van der Waals surface area contributed by atoms with Gasteiger partial charge in [-0.05, 0) is 30.7 Å². The summed E-state index contributed by atoms with van der Waals surface area (Å²) < 4.78 is 10.6. The Kier molecular flexibility index (Phi) is 5.58. The lowest BCUT2D eigenvalue weighted by atomic mass is 10.1. The van der Waals surface area contributed by atoms with Crippen molar-refractivity contribution >= 4 is 23.3 Å². The number of nitro benzene ring substituents is 1. The molecule has 0 N–H and O–H groups in total. The first-order valence-corrected chi connectivity index (χ1v) is 8.84. The summed E-state index contributed by atoms with van der Waals surface area (Å²) in [6.45, 7) is 1.17. The number of fused-ring (bicyclic) bond motifs is 1. The second-order valence-electron chi connectivity index (χ2n) is 6.31. The molecule has 0 fully saturated rings. The molecule has 9 heteroatoms. The molecule has 9 nitrogen and oxygen atoms in total. The second-order valence-corrected chi connectivity index (χ2v) is 6.31. The molecule has 2 aromatic carbocycles. The maximum absolute atomic E-state index is 12.9. The zero-order valence-electron chi connectivity index (χ0n) is 15.8. The van der Waals surface area contributed by atoms with E-state index in [1.165, 1.54) is 25.3 Å². The fraction of sp³-hybridized carbons (Fsp3) is 0.250. The predicted molar refractivity (Wildman–Crippen MR) is 101 cm³/mol. The zero-order chi connectivity index (χ0) is 21.1. The highest BCUT2D eigenvalue weighted by Gasteiger charge is 2.36. The summed E-state index contributed by atoms with van der Waals surface area (Å²) in [5.74, 6) is -1.63. The van der Waals surface area contributed by atoms with Gasteiger partial charge in [0.15, 0.2) is 17.6 Å². The number of nitro groups is 1. The van der Waals surface area contributed by atoms with Gasteiger partial charge in [-0.25, -0.2) is 0 Å². The van der Waals surface area contributed by atoms with E-state index in [2.05, 4.69) is 0 Å². The van der Waals surface area contributed by atoms with Gasteiger partial charge in [-0.1, -0.05) is 19.1 Å². The molecule has 0 unspecified atom stereocenters. The van der Waals surface area contributed by atoms with Gasteiger partial charge in [-0.2, -0.15) is 0 Å². The van der Waals surface area contributed by atoms with Crippen LogP contribution in [0.3, 0.4) is 0 Å². The Morgan fingerprint density at radius 2 is 1.97 bits per heavy atom. The van der Waals surface area contributed by atoms with Crippen LogP contribution in [0.1, 0.15) is 34.1 Å². The maximum Gasteiger partial charge on any atom is 0.311 e. The normalized spacial score (nSPS) is 15.9. The lowest BCUT2D eigenvalue weighted by Gasteiger charge is -2.21. The SMILES string of the molecule is CC[C@@H]1Oc2ccccc2C(=O)N(CC(=O)c2ccc(OC)c([N+](=O)[O-])c2)C1=O. The molecule has 1 heterocycles. The van der Waals surface area contributed by atoms with Crippen LogP contribution in [0.4, 0.5) is 5.69 Å². The molecule has 0 radical (unpaired) electrons. The van der Waals surface area contributed by atoms with Crippen molar-refractivity contribution in [1.82, 2.24) is 4.90 Å². The molecule has 0 saturated heterocycles. The van der Waals surface area contributed by atoms with Crippen LogP contribution in [-0.4, -0.2) is 47.2 Å². The first kappa shape index (κ1) is 20.0. The number of para-hydroxylation sites is 1. The number of amides is 2. The number of nitrogens with zero attached hydrogens (tertiary/aromatic N) is 2. The molecule has 3 rings (SSSR count). The van der Waals surface area contributed by atoms with Crippen molar-refractivity contribution in [2.24, 2.45) is 0 Å². The Morgan fingerprint density at radius 1 is 1.24 bits per heavy atom. The maximum atomic E-state index is 12.9. The van der Waals surface area contributed by atoms with E-state index >= 15 is 0 Å². The lowest BCUT2D eigenvalue weighted by Crippen LogP contribution is -2.45. The Bertz CT molecular complexity index is 1000. The summed E-state index contributed by atoms with van der Waals surface area (Å²) in [6.07, 6.45) is -0.611. The third-order valence-corrected chi connectivity index (χ3v) is 4.54. The van der Waals surface area contributed by atoms with Crippen LogP contribution in [0, 0.1) is 10.1 Å². The quantitative estimate of drug-likeness (QED) is 0.318. The number of Topliss-reactive ketones (excluding diaryl/α,β-unsaturated/α-hetero) is 1. The van der Waals surface area contributed by atoms with E-state index in [0.717, 1.165) is 11.0 Å². The molecular formula is C20H18N2O7. The summed E-state index contributed by atoms with van der Waals surface area (Å²) >= 11 is 0. The van der Waals surface area contributed by atoms with Gasteiger partial charge < -0.3 is 9.47 Å². The summed E-state index contributed by atoms with van der Waals surface area (Å²) in [4.78, 5) is 49.8. The number of carbonyl (C=O) groups is 3. The van der Waals surface area contributed by atoms with E-state index in [1.54, 1.807) is 25.1 Å². The molecular weight excluding hydrogens is 380 g/mol. The Labute approximate surface area is 166 Å². The summed E-state index contributed by atoms with van der Waals surface area (Å²) in [5.41, 5.74) is -0.220. The topological polar surface area (TPSA) is 116 Å². The van der Waals surface area contributed by atoms with Crippen molar-refractivity contribution in [2.75, 3.05) is 13.7 Å². The summed E-state index contributed by atoms with van der Waals surface area (Å²) in [7, 11) is 1.28. The molecule has 0 aliphatic carbocycles. The first-order chi connectivity index (χ1) is 13.9. The summed E-state index contributed by atoms with van der Waals surface area (Å²) in [5, 5.41) is 11.2. The molecule has 0 bridgehead atoms. The van der Waals surface area contributed by atoms with E-state index < -0.39 is 35.2 Å². The first-order valence-electron chi connectivity index (χ1n) is 8.84. The fourth-order valence-corrected chi connectivity index (χ4v) is 3.02. The number of benzene rings is 2. The Balaban J connectivity index is 1.94. The van der Waals surface area contributed by atoms with Crippen LogP contribution < -0.4 is 9.47 Å².